The lowest BCUT2D eigenvalue weighted by atomic mass is 10.2. The summed E-state index contributed by atoms with van der Waals surface area (Å²) >= 11 is 0. The second kappa shape index (κ2) is 8.06. The van der Waals surface area contributed by atoms with Crippen LogP contribution in [0, 0.1) is 5.82 Å². The van der Waals surface area contributed by atoms with Gasteiger partial charge >= 0.3 is 0 Å². The molecule has 1 heterocycles. The molecule has 0 aromatic heterocycles. The van der Waals surface area contributed by atoms with Gasteiger partial charge in [-0.1, -0.05) is 19.1 Å². The lowest BCUT2D eigenvalue weighted by molar-refractivity contribution is -0.139. The van der Waals surface area contributed by atoms with E-state index in [4.69, 9.17) is 0 Å². The summed E-state index contributed by atoms with van der Waals surface area (Å²) in [6.07, 6.45) is 0. The standard InChI is InChI=1S/C17H24FN3O2/c1-3-19(12-15-5-4-6-16(18)11-15)13-17(23)21-9-7-20(8-10-21)14(2)22/h4-6,11H,3,7-10,12-13H2,1-2H3. The fourth-order valence-corrected chi connectivity index (χ4v) is 2.74. The van der Waals surface area contributed by atoms with Crippen LogP contribution in [0.5, 0.6) is 0 Å². The molecular weight excluding hydrogens is 297 g/mol. The zero-order valence-corrected chi connectivity index (χ0v) is 13.8. The Labute approximate surface area is 136 Å². The molecule has 0 saturated carbocycles. The predicted molar refractivity (Wildman–Crippen MR) is 86.2 cm³/mol. The maximum Gasteiger partial charge on any atom is 0.236 e. The number of hydrogen-bond donors (Lipinski definition) is 0. The minimum absolute atomic E-state index is 0.0541. The quantitative estimate of drug-likeness (QED) is 0.822. The van der Waals surface area contributed by atoms with Gasteiger partial charge in [0.05, 0.1) is 6.54 Å². The highest BCUT2D eigenvalue weighted by Gasteiger charge is 2.23. The van der Waals surface area contributed by atoms with E-state index in [0.29, 0.717) is 39.3 Å². The lowest BCUT2D eigenvalue weighted by Crippen LogP contribution is -2.52. The first kappa shape index (κ1) is 17.4. The zero-order valence-electron chi connectivity index (χ0n) is 13.8. The molecule has 1 aromatic rings. The second-order valence-corrected chi connectivity index (χ2v) is 5.82. The molecule has 1 aliphatic rings. The summed E-state index contributed by atoms with van der Waals surface area (Å²) in [6, 6.07) is 6.46. The van der Waals surface area contributed by atoms with Gasteiger partial charge in [0.2, 0.25) is 11.8 Å². The molecule has 2 amide bonds. The van der Waals surface area contributed by atoms with Crippen LogP contribution < -0.4 is 0 Å². The monoisotopic (exact) mass is 321 g/mol. The lowest BCUT2D eigenvalue weighted by Gasteiger charge is -2.35. The number of nitrogens with zero attached hydrogens (tertiary/aromatic N) is 3. The summed E-state index contributed by atoms with van der Waals surface area (Å²) in [6.45, 7) is 7.46. The molecule has 0 atom stereocenters. The maximum absolute atomic E-state index is 13.3. The zero-order chi connectivity index (χ0) is 16.8. The Morgan fingerprint density at radius 1 is 1.17 bits per heavy atom. The number of likely N-dealkylation sites (N-methyl/N-ethyl adjacent to an activating group) is 1. The molecule has 1 aliphatic heterocycles. The van der Waals surface area contributed by atoms with E-state index < -0.39 is 0 Å². The molecule has 0 bridgehead atoms. The van der Waals surface area contributed by atoms with E-state index in [-0.39, 0.29) is 17.6 Å². The molecule has 2 rings (SSSR count). The number of rotatable bonds is 5. The van der Waals surface area contributed by atoms with Gasteiger partial charge in [0.1, 0.15) is 5.82 Å². The van der Waals surface area contributed by atoms with Crippen LogP contribution >= 0.6 is 0 Å². The third-order valence-corrected chi connectivity index (χ3v) is 4.18. The molecule has 23 heavy (non-hydrogen) atoms. The Hall–Kier alpha value is -1.95. The van der Waals surface area contributed by atoms with Crippen molar-refractivity contribution >= 4 is 11.8 Å². The van der Waals surface area contributed by atoms with E-state index in [1.807, 2.05) is 17.9 Å². The molecule has 1 saturated heterocycles. The van der Waals surface area contributed by atoms with Crippen LogP contribution in [0.1, 0.15) is 19.4 Å². The van der Waals surface area contributed by atoms with E-state index in [1.54, 1.807) is 22.8 Å². The van der Waals surface area contributed by atoms with Crippen molar-refractivity contribution in [2.75, 3.05) is 39.3 Å². The van der Waals surface area contributed by atoms with Crippen LogP contribution in [0.4, 0.5) is 4.39 Å². The van der Waals surface area contributed by atoms with Gasteiger partial charge in [0, 0.05) is 39.6 Å². The van der Waals surface area contributed by atoms with E-state index in [2.05, 4.69) is 0 Å². The SMILES string of the molecule is CCN(CC(=O)N1CCN(C(C)=O)CC1)Cc1cccc(F)c1. The predicted octanol–water partition coefficient (Wildman–Crippen LogP) is 1.34. The topological polar surface area (TPSA) is 43.9 Å². The first-order valence-electron chi connectivity index (χ1n) is 7.99. The van der Waals surface area contributed by atoms with Crippen LogP contribution in [0.25, 0.3) is 0 Å². The van der Waals surface area contributed by atoms with Gasteiger partial charge in [0.25, 0.3) is 0 Å². The molecule has 0 unspecified atom stereocenters. The summed E-state index contributed by atoms with van der Waals surface area (Å²) in [4.78, 5) is 29.3. The molecule has 0 spiro atoms. The van der Waals surface area contributed by atoms with Crippen molar-refractivity contribution in [3.63, 3.8) is 0 Å². The average molecular weight is 321 g/mol. The average Bonchev–Trinajstić information content (AvgIpc) is 2.54. The molecular formula is C17H24FN3O2. The van der Waals surface area contributed by atoms with Gasteiger partial charge in [0.15, 0.2) is 0 Å². The molecule has 5 nitrogen and oxygen atoms in total. The number of hydrogen-bond acceptors (Lipinski definition) is 3. The first-order chi connectivity index (χ1) is 11.0. The van der Waals surface area contributed by atoms with E-state index in [9.17, 15) is 14.0 Å². The number of carbonyl (C=O) groups is 2. The molecule has 0 N–H and O–H groups in total. The van der Waals surface area contributed by atoms with Gasteiger partial charge in [-0.25, -0.2) is 4.39 Å². The van der Waals surface area contributed by atoms with Gasteiger partial charge in [-0.2, -0.15) is 0 Å². The molecule has 6 heteroatoms. The maximum atomic E-state index is 13.3. The van der Waals surface area contributed by atoms with Crippen LogP contribution in [0.2, 0.25) is 0 Å². The van der Waals surface area contributed by atoms with Crippen LogP contribution in [0.15, 0.2) is 24.3 Å². The highest BCUT2D eigenvalue weighted by Crippen LogP contribution is 2.09. The molecule has 1 fully saturated rings. The van der Waals surface area contributed by atoms with Crippen molar-refractivity contribution in [1.82, 2.24) is 14.7 Å². The number of amides is 2. The minimum Gasteiger partial charge on any atom is -0.339 e. The summed E-state index contributed by atoms with van der Waals surface area (Å²) in [5.41, 5.74) is 0.862. The van der Waals surface area contributed by atoms with E-state index in [0.717, 1.165) is 12.1 Å². The Bertz CT molecular complexity index is 557. The van der Waals surface area contributed by atoms with Crippen LogP contribution in [-0.2, 0) is 16.1 Å². The van der Waals surface area contributed by atoms with Crippen LogP contribution in [-0.4, -0.2) is 65.8 Å². The van der Waals surface area contributed by atoms with E-state index >= 15 is 0 Å². The van der Waals surface area contributed by atoms with E-state index in [1.165, 1.54) is 12.1 Å². The third-order valence-electron chi connectivity index (χ3n) is 4.18. The van der Waals surface area contributed by atoms with Gasteiger partial charge in [-0.3, -0.25) is 14.5 Å². The molecule has 126 valence electrons. The molecule has 1 aromatic carbocycles. The van der Waals surface area contributed by atoms with Crippen molar-refractivity contribution in [3.8, 4) is 0 Å². The summed E-state index contributed by atoms with van der Waals surface area (Å²) in [5, 5.41) is 0. The van der Waals surface area contributed by atoms with Crippen molar-refractivity contribution in [1.29, 1.82) is 0 Å². The van der Waals surface area contributed by atoms with Crippen molar-refractivity contribution in [3.05, 3.63) is 35.6 Å². The van der Waals surface area contributed by atoms with Gasteiger partial charge < -0.3 is 9.80 Å². The van der Waals surface area contributed by atoms with Gasteiger partial charge in [-0.15, -0.1) is 0 Å². The minimum atomic E-state index is -0.259. The third kappa shape index (κ3) is 5.03. The second-order valence-electron chi connectivity index (χ2n) is 5.82. The summed E-state index contributed by atoms with van der Waals surface area (Å²) in [5.74, 6) is -0.143. The number of halogens is 1. The number of piperazine rings is 1. The Kier molecular flexibility index (Phi) is 6.10. The van der Waals surface area contributed by atoms with Crippen molar-refractivity contribution < 1.29 is 14.0 Å². The smallest absolute Gasteiger partial charge is 0.236 e. The fourth-order valence-electron chi connectivity index (χ4n) is 2.74. The Morgan fingerprint density at radius 3 is 2.39 bits per heavy atom. The highest BCUT2D eigenvalue weighted by molar-refractivity contribution is 5.79. The number of carbonyl (C=O) groups excluding carboxylic acids is 2. The fraction of sp³-hybridized carbons (Fsp3) is 0.529. The van der Waals surface area contributed by atoms with Gasteiger partial charge in [-0.05, 0) is 24.2 Å². The summed E-state index contributed by atoms with van der Waals surface area (Å²) in [7, 11) is 0. The molecule has 0 aliphatic carbocycles. The largest absolute Gasteiger partial charge is 0.339 e. The highest BCUT2D eigenvalue weighted by atomic mass is 19.1. The Morgan fingerprint density at radius 2 is 1.83 bits per heavy atom. The van der Waals surface area contributed by atoms with Crippen molar-refractivity contribution in [2.45, 2.75) is 20.4 Å². The van der Waals surface area contributed by atoms with Crippen molar-refractivity contribution in [2.24, 2.45) is 0 Å². The summed E-state index contributed by atoms with van der Waals surface area (Å²) < 4.78 is 13.3. The normalized spacial score (nSPS) is 15.1. The number of benzene rings is 1. The Balaban J connectivity index is 1.86. The first-order valence-corrected chi connectivity index (χ1v) is 7.99. The van der Waals surface area contributed by atoms with Crippen LogP contribution in [0.3, 0.4) is 0 Å². The molecule has 0 radical (unpaired) electrons.